The van der Waals surface area contributed by atoms with Gasteiger partial charge in [0.1, 0.15) is 4.83 Å². The lowest BCUT2D eigenvalue weighted by Gasteiger charge is -2.24. The summed E-state index contributed by atoms with van der Waals surface area (Å²) in [5, 5.41) is 0. The normalized spacial score (nSPS) is 39.0. The molecule has 0 aromatic carbocycles. The zero-order valence-corrected chi connectivity index (χ0v) is 9.44. The maximum Gasteiger partial charge on any atom is 0.401 e. The van der Waals surface area contributed by atoms with Crippen LogP contribution >= 0.6 is 15.9 Å². The van der Waals surface area contributed by atoms with Gasteiger partial charge in [0.15, 0.2) is 0 Å². The zero-order valence-electron chi connectivity index (χ0n) is 7.86. The van der Waals surface area contributed by atoms with E-state index in [2.05, 4.69) is 15.9 Å². The standard InChI is InChI=1S/C10H14BrF3/c11-9(10(12,13)14)5-8-4-6-1-2-7(8)3-6/h6-9H,1-5H2. The molecule has 2 fully saturated rings. The monoisotopic (exact) mass is 270 g/mol. The minimum Gasteiger partial charge on any atom is -0.170 e. The summed E-state index contributed by atoms with van der Waals surface area (Å²) in [6.07, 6.45) is 0.838. The first-order valence-corrected chi connectivity index (χ1v) is 6.09. The van der Waals surface area contributed by atoms with Crippen molar-refractivity contribution in [2.75, 3.05) is 0 Å². The topological polar surface area (TPSA) is 0 Å². The number of rotatable bonds is 2. The van der Waals surface area contributed by atoms with E-state index in [9.17, 15) is 13.2 Å². The lowest BCUT2D eigenvalue weighted by atomic mass is 9.85. The van der Waals surface area contributed by atoms with Gasteiger partial charge in [-0.3, -0.25) is 0 Å². The van der Waals surface area contributed by atoms with Crippen LogP contribution in [0.15, 0.2) is 0 Å². The summed E-state index contributed by atoms with van der Waals surface area (Å²) in [4.78, 5) is -1.29. The van der Waals surface area contributed by atoms with E-state index in [1.54, 1.807) is 0 Å². The molecule has 2 aliphatic rings. The van der Waals surface area contributed by atoms with Gasteiger partial charge in [-0.1, -0.05) is 22.4 Å². The summed E-state index contributed by atoms with van der Waals surface area (Å²) in [5.74, 6) is 1.64. The number of hydrogen-bond donors (Lipinski definition) is 0. The molecule has 2 saturated carbocycles. The number of fused-ring (bicyclic) bond motifs is 2. The highest BCUT2D eigenvalue weighted by Gasteiger charge is 2.45. The molecule has 0 aliphatic heterocycles. The van der Waals surface area contributed by atoms with E-state index in [-0.39, 0.29) is 6.42 Å². The first kappa shape index (κ1) is 10.8. The van der Waals surface area contributed by atoms with Gasteiger partial charge in [0.25, 0.3) is 0 Å². The minimum atomic E-state index is -4.07. The summed E-state index contributed by atoms with van der Waals surface area (Å²) in [6, 6.07) is 0. The van der Waals surface area contributed by atoms with Crippen molar-refractivity contribution in [1.29, 1.82) is 0 Å². The van der Waals surface area contributed by atoms with Crippen LogP contribution in [-0.4, -0.2) is 11.0 Å². The molecule has 4 unspecified atom stereocenters. The Morgan fingerprint density at radius 2 is 1.93 bits per heavy atom. The van der Waals surface area contributed by atoms with Crippen molar-refractivity contribution >= 4 is 15.9 Å². The van der Waals surface area contributed by atoms with Gasteiger partial charge in [-0.25, -0.2) is 0 Å². The van der Waals surface area contributed by atoms with Crippen LogP contribution in [0.3, 0.4) is 0 Å². The maximum atomic E-state index is 12.3. The summed E-state index contributed by atoms with van der Waals surface area (Å²) in [7, 11) is 0. The van der Waals surface area contributed by atoms with Gasteiger partial charge in [-0.15, -0.1) is 0 Å². The number of alkyl halides is 4. The molecule has 0 amide bonds. The molecule has 4 heteroatoms. The molecule has 0 aromatic heterocycles. The average molecular weight is 271 g/mol. The molecule has 0 N–H and O–H groups in total. The van der Waals surface area contributed by atoms with Crippen molar-refractivity contribution < 1.29 is 13.2 Å². The third-order valence-corrected chi connectivity index (χ3v) is 4.64. The fraction of sp³-hybridized carbons (Fsp3) is 1.00. The summed E-state index contributed by atoms with van der Waals surface area (Å²) in [6.45, 7) is 0. The van der Waals surface area contributed by atoms with E-state index < -0.39 is 11.0 Å². The van der Waals surface area contributed by atoms with E-state index in [0.717, 1.165) is 18.8 Å². The van der Waals surface area contributed by atoms with Crippen molar-refractivity contribution in [2.45, 2.75) is 43.1 Å². The van der Waals surface area contributed by atoms with E-state index in [1.165, 1.54) is 12.8 Å². The first-order chi connectivity index (χ1) is 6.47. The fourth-order valence-corrected chi connectivity index (χ4v) is 3.54. The van der Waals surface area contributed by atoms with Crippen LogP contribution in [0, 0.1) is 17.8 Å². The Labute approximate surface area is 90.4 Å². The van der Waals surface area contributed by atoms with E-state index >= 15 is 0 Å². The summed E-state index contributed by atoms with van der Waals surface area (Å²) in [5.41, 5.74) is 0. The zero-order chi connectivity index (χ0) is 10.3. The second kappa shape index (κ2) is 3.69. The molecule has 0 nitrogen and oxygen atoms in total. The van der Waals surface area contributed by atoms with Crippen LogP contribution in [-0.2, 0) is 0 Å². The Kier molecular flexibility index (Phi) is 2.84. The molecule has 4 atom stereocenters. The molecule has 2 rings (SSSR count). The molecule has 0 aromatic rings. The molecule has 0 radical (unpaired) electrons. The second-order valence-electron chi connectivity index (χ2n) is 4.68. The Bertz CT molecular complexity index is 214. The highest BCUT2D eigenvalue weighted by atomic mass is 79.9. The van der Waals surface area contributed by atoms with Crippen LogP contribution in [0.1, 0.15) is 32.1 Å². The van der Waals surface area contributed by atoms with Gasteiger partial charge in [-0.05, 0) is 43.4 Å². The third-order valence-electron chi connectivity index (χ3n) is 3.75. The van der Waals surface area contributed by atoms with Crippen molar-refractivity contribution in [2.24, 2.45) is 17.8 Å². The third kappa shape index (κ3) is 2.10. The Balaban J connectivity index is 1.87. The highest BCUT2D eigenvalue weighted by molar-refractivity contribution is 9.09. The van der Waals surface area contributed by atoms with Gasteiger partial charge in [0, 0.05) is 0 Å². The molecule has 0 saturated heterocycles. The van der Waals surface area contributed by atoms with Crippen molar-refractivity contribution in [3.05, 3.63) is 0 Å². The van der Waals surface area contributed by atoms with Gasteiger partial charge in [0.2, 0.25) is 0 Å². The van der Waals surface area contributed by atoms with Gasteiger partial charge in [0.05, 0.1) is 0 Å². The van der Waals surface area contributed by atoms with Crippen molar-refractivity contribution in [1.82, 2.24) is 0 Å². The van der Waals surface area contributed by atoms with Crippen LogP contribution in [0.2, 0.25) is 0 Å². The predicted molar refractivity (Wildman–Crippen MR) is 52.3 cm³/mol. The molecule has 2 bridgehead atoms. The van der Waals surface area contributed by atoms with E-state index in [1.807, 2.05) is 0 Å². The molecule has 82 valence electrons. The van der Waals surface area contributed by atoms with Crippen LogP contribution in [0.4, 0.5) is 13.2 Å². The van der Waals surface area contributed by atoms with Crippen molar-refractivity contribution in [3.8, 4) is 0 Å². The largest absolute Gasteiger partial charge is 0.401 e. The Morgan fingerprint density at radius 3 is 2.36 bits per heavy atom. The number of hydrogen-bond acceptors (Lipinski definition) is 0. The lowest BCUT2D eigenvalue weighted by molar-refractivity contribution is -0.130. The molecular weight excluding hydrogens is 257 g/mol. The van der Waals surface area contributed by atoms with Crippen LogP contribution < -0.4 is 0 Å². The van der Waals surface area contributed by atoms with Crippen molar-refractivity contribution in [3.63, 3.8) is 0 Å². The fourth-order valence-electron chi connectivity index (χ4n) is 3.06. The molecule has 0 spiro atoms. The van der Waals surface area contributed by atoms with Gasteiger partial charge < -0.3 is 0 Å². The molecule has 14 heavy (non-hydrogen) atoms. The van der Waals surface area contributed by atoms with Gasteiger partial charge in [-0.2, -0.15) is 13.2 Å². The smallest absolute Gasteiger partial charge is 0.170 e. The minimum absolute atomic E-state index is 0.282. The quantitative estimate of drug-likeness (QED) is 0.662. The highest BCUT2D eigenvalue weighted by Crippen LogP contribution is 2.51. The Morgan fingerprint density at radius 1 is 1.21 bits per heavy atom. The summed E-state index contributed by atoms with van der Waals surface area (Å²) >= 11 is 2.75. The van der Waals surface area contributed by atoms with Crippen LogP contribution in [0.5, 0.6) is 0 Å². The van der Waals surface area contributed by atoms with E-state index in [0.29, 0.717) is 11.8 Å². The van der Waals surface area contributed by atoms with E-state index in [4.69, 9.17) is 0 Å². The predicted octanol–water partition coefficient (Wildman–Crippen LogP) is 4.14. The Hall–Kier alpha value is 0.270. The average Bonchev–Trinajstić information content (AvgIpc) is 2.62. The lowest BCUT2D eigenvalue weighted by Crippen LogP contribution is -2.27. The number of halogens is 4. The molecule has 2 aliphatic carbocycles. The van der Waals surface area contributed by atoms with Crippen LogP contribution in [0.25, 0.3) is 0 Å². The maximum absolute atomic E-state index is 12.3. The molecule has 0 heterocycles. The molecular formula is C10H14BrF3. The summed E-state index contributed by atoms with van der Waals surface area (Å²) < 4.78 is 36.9. The SMILES string of the molecule is FC(F)(F)C(Br)CC1CC2CCC1C2. The first-order valence-electron chi connectivity index (χ1n) is 5.17. The van der Waals surface area contributed by atoms with Gasteiger partial charge >= 0.3 is 6.18 Å². The second-order valence-corrected chi connectivity index (χ2v) is 5.79.